The normalized spacial score (nSPS) is 18.3. The smallest absolute Gasteiger partial charge is 0.157 e. The molecule has 0 saturated carbocycles. The first-order chi connectivity index (χ1) is 10.7. The third-order valence-electron chi connectivity index (χ3n) is 4.04. The number of halogens is 1. The van der Waals surface area contributed by atoms with Crippen molar-refractivity contribution >= 4 is 11.5 Å². The second-order valence-corrected chi connectivity index (χ2v) is 5.58. The predicted molar refractivity (Wildman–Crippen MR) is 83.2 cm³/mol. The van der Waals surface area contributed by atoms with Gasteiger partial charge < -0.3 is 10.6 Å². The van der Waals surface area contributed by atoms with Gasteiger partial charge in [-0.25, -0.2) is 9.37 Å². The first-order valence-electron chi connectivity index (χ1n) is 7.32. The van der Waals surface area contributed by atoms with E-state index in [4.69, 9.17) is 5.73 Å². The molecule has 1 fully saturated rings. The summed E-state index contributed by atoms with van der Waals surface area (Å²) in [7, 11) is 0. The van der Waals surface area contributed by atoms with E-state index in [1.807, 2.05) is 18.2 Å². The van der Waals surface area contributed by atoms with Gasteiger partial charge in [0.05, 0.1) is 11.9 Å². The van der Waals surface area contributed by atoms with E-state index in [9.17, 15) is 4.39 Å². The molecular formula is C16H16FN5. The van der Waals surface area contributed by atoms with Crippen LogP contribution >= 0.6 is 0 Å². The molecule has 4 rings (SSSR count). The summed E-state index contributed by atoms with van der Waals surface area (Å²) in [6, 6.07) is 10.5. The first kappa shape index (κ1) is 13.2. The zero-order chi connectivity index (χ0) is 15.1. The summed E-state index contributed by atoms with van der Waals surface area (Å²) in [6.07, 6.45) is 2.65. The van der Waals surface area contributed by atoms with Gasteiger partial charge in [-0.3, -0.25) is 0 Å². The highest BCUT2D eigenvalue weighted by atomic mass is 19.1. The van der Waals surface area contributed by atoms with E-state index in [2.05, 4.69) is 15.0 Å². The quantitative estimate of drug-likeness (QED) is 0.786. The topological polar surface area (TPSA) is 59.5 Å². The monoisotopic (exact) mass is 297 g/mol. The van der Waals surface area contributed by atoms with Gasteiger partial charge in [0.15, 0.2) is 5.65 Å². The Hall–Kier alpha value is -2.47. The van der Waals surface area contributed by atoms with E-state index in [0.717, 1.165) is 25.3 Å². The summed E-state index contributed by atoms with van der Waals surface area (Å²) in [4.78, 5) is 6.70. The lowest BCUT2D eigenvalue weighted by Gasteiger charge is -2.19. The molecule has 1 aliphatic rings. The van der Waals surface area contributed by atoms with Crippen molar-refractivity contribution in [3.63, 3.8) is 0 Å². The van der Waals surface area contributed by atoms with E-state index in [-0.39, 0.29) is 11.9 Å². The zero-order valence-electron chi connectivity index (χ0n) is 12.0. The van der Waals surface area contributed by atoms with Crippen molar-refractivity contribution in [3.05, 3.63) is 48.4 Å². The predicted octanol–water partition coefficient (Wildman–Crippen LogP) is 2.07. The molecule has 6 heteroatoms. The van der Waals surface area contributed by atoms with Crippen LogP contribution in [-0.2, 0) is 0 Å². The van der Waals surface area contributed by atoms with Gasteiger partial charge in [0.25, 0.3) is 0 Å². The molecule has 1 unspecified atom stereocenters. The van der Waals surface area contributed by atoms with E-state index >= 15 is 0 Å². The Bertz CT molecular complexity index is 828. The molecule has 22 heavy (non-hydrogen) atoms. The molecule has 2 N–H and O–H groups in total. The van der Waals surface area contributed by atoms with Crippen molar-refractivity contribution in [2.24, 2.45) is 5.73 Å². The van der Waals surface area contributed by atoms with Crippen LogP contribution in [-0.4, -0.2) is 33.7 Å². The number of rotatable bonds is 2. The fourth-order valence-corrected chi connectivity index (χ4v) is 2.92. The molecule has 3 heterocycles. The number of fused-ring (bicyclic) bond motifs is 1. The lowest BCUT2D eigenvalue weighted by Crippen LogP contribution is -2.27. The molecule has 1 aromatic carbocycles. The van der Waals surface area contributed by atoms with Crippen LogP contribution in [0.25, 0.3) is 16.9 Å². The molecule has 2 aromatic heterocycles. The number of benzene rings is 1. The van der Waals surface area contributed by atoms with Gasteiger partial charge in [-0.1, -0.05) is 12.1 Å². The minimum atomic E-state index is -0.275. The largest absolute Gasteiger partial charge is 0.355 e. The lowest BCUT2D eigenvalue weighted by atomic mass is 10.1. The van der Waals surface area contributed by atoms with Crippen molar-refractivity contribution in [3.8, 4) is 11.3 Å². The number of anilines is 1. The Balaban J connectivity index is 1.89. The summed E-state index contributed by atoms with van der Waals surface area (Å²) >= 11 is 0. The van der Waals surface area contributed by atoms with Gasteiger partial charge in [-0.15, -0.1) is 0 Å². The molecule has 1 atom stereocenters. The lowest BCUT2D eigenvalue weighted by molar-refractivity contribution is 0.630. The minimum absolute atomic E-state index is 0.163. The van der Waals surface area contributed by atoms with Crippen LogP contribution in [0.4, 0.5) is 10.2 Å². The molecule has 3 aromatic rings. The van der Waals surface area contributed by atoms with Crippen LogP contribution in [0.15, 0.2) is 42.6 Å². The summed E-state index contributed by atoms with van der Waals surface area (Å²) in [6.45, 7) is 1.65. The highest BCUT2D eigenvalue weighted by molar-refractivity contribution is 5.67. The Morgan fingerprint density at radius 1 is 1.23 bits per heavy atom. The van der Waals surface area contributed by atoms with Gasteiger partial charge in [-0.05, 0) is 18.6 Å². The van der Waals surface area contributed by atoms with E-state index in [1.54, 1.807) is 22.8 Å². The highest BCUT2D eigenvalue weighted by Gasteiger charge is 2.23. The second kappa shape index (κ2) is 5.06. The maximum Gasteiger partial charge on any atom is 0.157 e. The maximum atomic E-state index is 14.1. The number of hydrogen-bond donors (Lipinski definition) is 1. The Morgan fingerprint density at radius 2 is 2.09 bits per heavy atom. The second-order valence-electron chi connectivity index (χ2n) is 5.58. The Kier molecular flexibility index (Phi) is 3.04. The standard InChI is InChI=1S/C16H16FN5/c17-13-4-2-1-3-12(13)14-9-16(21-8-6-11(18)10-21)22-15(20-14)5-7-19-22/h1-5,7,9,11H,6,8,10,18H2. The molecule has 0 aliphatic carbocycles. The molecule has 5 nitrogen and oxygen atoms in total. The molecule has 0 amide bonds. The minimum Gasteiger partial charge on any atom is -0.355 e. The fourth-order valence-electron chi connectivity index (χ4n) is 2.92. The van der Waals surface area contributed by atoms with Crippen LogP contribution in [0.5, 0.6) is 0 Å². The van der Waals surface area contributed by atoms with Crippen molar-refractivity contribution in [1.29, 1.82) is 0 Å². The van der Waals surface area contributed by atoms with Crippen LogP contribution in [0.1, 0.15) is 6.42 Å². The van der Waals surface area contributed by atoms with Crippen LogP contribution < -0.4 is 10.6 Å². The fraction of sp³-hybridized carbons (Fsp3) is 0.250. The number of hydrogen-bond acceptors (Lipinski definition) is 4. The Labute approximate surface area is 127 Å². The highest BCUT2D eigenvalue weighted by Crippen LogP contribution is 2.27. The van der Waals surface area contributed by atoms with Crippen LogP contribution in [0.3, 0.4) is 0 Å². The van der Waals surface area contributed by atoms with Crippen molar-refractivity contribution in [2.45, 2.75) is 12.5 Å². The molecule has 0 spiro atoms. The molecule has 1 saturated heterocycles. The number of aromatic nitrogens is 3. The number of nitrogens with two attached hydrogens (primary N) is 1. The average Bonchev–Trinajstić information content (AvgIpc) is 3.15. The zero-order valence-corrected chi connectivity index (χ0v) is 12.0. The van der Waals surface area contributed by atoms with Gasteiger partial charge in [0.2, 0.25) is 0 Å². The van der Waals surface area contributed by atoms with Crippen molar-refractivity contribution < 1.29 is 4.39 Å². The van der Waals surface area contributed by atoms with Gasteiger partial charge in [0.1, 0.15) is 11.6 Å². The summed E-state index contributed by atoms with van der Waals surface area (Å²) in [5.74, 6) is 0.629. The average molecular weight is 297 g/mol. The maximum absolute atomic E-state index is 14.1. The van der Waals surface area contributed by atoms with Gasteiger partial charge in [-0.2, -0.15) is 9.61 Å². The summed E-state index contributed by atoms with van der Waals surface area (Å²) < 4.78 is 15.9. The third kappa shape index (κ3) is 2.12. The summed E-state index contributed by atoms with van der Waals surface area (Å²) in [5.41, 5.74) is 7.82. The van der Waals surface area contributed by atoms with Crippen LogP contribution in [0, 0.1) is 5.82 Å². The SMILES string of the molecule is NC1CCN(c2cc(-c3ccccc3F)nc3ccnn23)C1. The number of nitrogens with zero attached hydrogens (tertiary/aromatic N) is 4. The molecule has 112 valence electrons. The molecule has 1 aliphatic heterocycles. The first-order valence-corrected chi connectivity index (χ1v) is 7.32. The Morgan fingerprint density at radius 3 is 2.86 bits per heavy atom. The van der Waals surface area contributed by atoms with Crippen LogP contribution in [0.2, 0.25) is 0 Å². The third-order valence-corrected chi connectivity index (χ3v) is 4.04. The van der Waals surface area contributed by atoms with E-state index in [0.29, 0.717) is 16.9 Å². The van der Waals surface area contributed by atoms with E-state index in [1.165, 1.54) is 6.07 Å². The molecule has 0 radical (unpaired) electrons. The van der Waals surface area contributed by atoms with Crippen molar-refractivity contribution in [1.82, 2.24) is 14.6 Å². The molecule has 0 bridgehead atoms. The van der Waals surface area contributed by atoms with E-state index < -0.39 is 0 Å². The van der Waals surface area contributed by atoms with Gasteiger partial charge >= 0.3 is 0 Å². The van der Waals surface area contributed by atoms with Crippen molar-refractivity contribution in [2.75, 3.05) is 18.0 Å². The van der Waals surface area contributed by atoms with Gasteiger partial charge in [0, 0.05) is 36.8 Å². The summed E-state index contributed by atoms with van der Waals surface area (Å²) in [5, 5.41) is 4.32. The molecular weight excluding hydrogens is 281 g/mol.